The molecule has 0 bridgehead atoms. The molecule has 254 valence electrons. The molecule has 0 radical (unpaired) electrons. The number of aromatic nitrogens is 4. The number of nitrogens with two attached hydrogens (primary N) is 1. The maximum absolute atomic E-state index is 16.6. The topological polar surface area (TPSA) is 168 Å². The van der Waals surface area contributed by atoms with Crippen molar-refractivity contribution in [1.82, 2.24) is 24.6 Å². The lowest BCUT2D eigenvalue weighted by Gasteiger charge is -2.30. The number of nitrogen functional groups attached to an aromatic ring is 1. The lowest BCUT2D eigenvalue weighted by atomic mass is 9.97. The molecule has 0 saturated carbocycles. The van der Waals surface area contributed by atoms with Crippen LogP contribution >= 0.6 is 6.64 Å². The molecule has 0 amide bonds. The first-order chi connectivity index (χ1) is 22.0. The lowest BCUT2D eigenvalue weighted by Crippen LogP contribution is -2.47. The zero-order valence-corrected chi connectivity index (χ0v) is 28.4. The number of nitrogens with zero attached hydrogens (tertiary/aromatic N) is 4. The van der Waals surface area contributed by atoms with Crippen molar-refractivity contribution in [2.75, 3.05) is 31.3 Å². The molecule has 0 aliphatic carbocycles. The second-order valence-electron chi connectivity index (χ2n) is 12.7. The number of carbonyl (C=O) groups excluding carboxylic acids is 1. The van der Waals surface area contributed by atoms with E-state index in [2.05, 4.69) is 25.4 Å². The number of alkyl halides is 2. The highest BCUT2D eigenvalue weighted by atomic mass is 32.5. The zero-order valence-electron chi connectivity index (χ0n) is 26.7. The maximum Gasteiger partial charge on any atom is 0.323 e. The van der Waals surface area contributed by atoms with Crippen molar-refractivity contribution in [3.05, 3.63) is 48.8 Å². The molecule has 1 fully saturated rings. The molecule has 17 heteroatoms. The number of carbonyl (C=O) groups is 1. The van der Waals surface area contributed by atoms with E-state index in [-0.39, 0.29) is 35.0 Å². The van der Waals surface area contributed by atoms with E-state index in [0.717, 1.165) is 16.9 Å². The number of hydrogen-bond acceptors (Lipinski definition) is 12. The molecule has 1 aliphatic heterocycles. The molecule has 47 heavy (non-hydrogen) atoms. The fourth-order valence-corrected chi connectivity index (χ4v) is 7.41. The van der Waals surface area contributed by atoms with E-state index in [1.54, 1.807) is 31.3 Å². The van der Waals surface area contributed by atoms with Gasteiger partial charge in [-0.3, -0.25) is 9.36 Å². The largest absolute Gasteiger partial charge is 0.464 e. The van der Waals surface area contributed by atoms with Crippen molar-refractivity contribution in [3.63, 3.8) is 0 Å². The molecule has 0 spiro atoms. The first-order valence-corrected chi connectivity index (χ1v) is 17.4. The third kappa shape index (κ3) is 7.17. The Kier molecular flexibility index (Phi) is 9.49. The van der Waals surface area contributed by atoms with Gasteiger partial charge in [0.05, 0.1) is 12.9 Å². The van der Waals surface area contributed by atoms with E-state index in [0.29, 0.717) is 11.1 Å². The second-order valence-corrected chi connectivity index (χ2v) is 15.8. The minimum absolute atomic E-state index is 0.0433. The minimum atomic E-state index is -3.86. The molecular formula is C30H38F2N7O6PS. The Morgan fingerprint density at radius 3 is 2.64 bits per heavy atom. The van der Waals surface area contributed by atoms with Crippen LogP contribution in [0.15, 0.2) is 48.8 Å². The molecule has 6 atom stereocenters. The number of halogens is 2. The fourth-order valence-electron chi connectivity index (χ4n) is 5.01. The predicted octanol–water partition coefficient (Wildman–Crippen LogP) is 4.77. The molecule has 1 unspecified atom stereocenters. The van der Waals surface area contributed by atoms with Crippen LogP contribution in [0.4, 0.5) is 20.5 Å². The van der Waals surface area contributed by atoms with Gasteiger partial charge >= 0.3 is 12.6 Å². The average molecular weight is 694 g/mol. The van der Waals surface area contributed by atoms with E-state index in [4.69, 9.17) is 36.1 Å². The van der Waals surface area contributed by atoms with Crippen molar-refractivity contribution in [1.29, 1.82) is 0 Å². The van der Waals surface area contributed by atoms with Crippen LogP contribution < -0.4 is 20.7 Å². The molecule has 2 aromatic heterocycles. The number of aliphatic hydroxyl groups excluding tert-OH is 1. The third-order valence-corrected chi connectivity index (χ3v) is 9.88. The Balaban J connectivity index is 1.44. The van der Waals surface area contributed by atoms with Crippen molar-refractivity contribution < 1.29 is 37.2 Å². The van der Waals surface area contributed by atoms with Gasteiger partial charge in [0.2, 0.25) is 5.95 Å². The highest BCUT2D eigenvalue weighted by Gasteiger charge is 2.65. The van der Waals surface area contributed by atoms with Gasteiger partial charge in [0.25, 0.3) is 5.85 Å². The van der Waals surface area contributed by atoms with Crippen molar-refractivity contribution in [3.8, 4) is 5.75 Å². The summed E-state index contributed by atoms with van der Waals surface area (Å²) in [5.41, 5.74) is 3.07. The number of aliphatic hydroxyl groups is 1. The summed E-state index contributed by atoms with van der Waals surface area (Å²) in [7, 11) is 1.59. The number of hydrogen-bond donors (Lipinski definition) is 4. The van der Waals surface area contributed by atoms with Crippen LogP contribution in [0.5, 0.6) is 5.75 Å². The summed E-state index contributed by atoms with van der Waals surface area (Å²) in [6, 6.07) is 11.5. The minimum Gasteiger partial charge on any atom is -0.464 e. The lowest BCUT2D eigenvalue weighted by molar-refractivity contribution is -0.202. The van der Waals surface area contributed by atoms with Gasteiger partial charge in [-0.05, 0) is 42.5 Å². The van der Waals surface area contributed by atoms with E-state index < -0.39 is 49.1 Å². The monoisotopic (exact) mass is 693 g/mol. The molecule has 5 N–H and O–H groups in total. The van der Waals surface area contributed by atoms with E-state index in [1.165, 1.54) is 13.3 Å². The summed E-state index contributed by atoms with van der Waals surface area (Å²) in [5.74, 6) is -3.38. The SMILES string of the molecule is CNc1nc(N)nc2c1ncn2[C@@H]1O[C@](F)(COP(=S)(N[C@@H](C)C(=O)OCC(C)(C)C)Oc2cccc3ccccc23)[C@@H](O)[C@@]1(C)F. The van der Waals surface area contributed by atoms with E-state index in [9.17, 15) is 9.90 Å². The van der Waals surface area contributed by atoms with Crippen LogP contribution in [0.25, 0.3) is 21.9 Å². The van der Waals surface area contributed by atoms with Gasteiger partial charge in [-0.1, -0.05) is 57.2 Å². The van der Waals surface area contributed by atoms with Gasteiger partial charge in [-0.2, -0.15) is 9.97 Å². The Bertz CT molecular complexity index is 1830. The number of esters is 1. The number of ether oxygens (including phenoxy) is 2. The molecule has 3 heterocycles. The van der Waals surface area contributed by atoms with Crippen LogP contribution in [0.1, 0.15) is 40.8 Å². The quantitative estimate of drug-likeness (QED) is 0.125. The molecular weight excluding hydrogens is 655 g/mol. The summed E-state index contributed by atoms with van der Waals surface area (Å²) in [5, 5.41) is 18.2. The van der Waals surface area contributed by atoms with Crippen LogP contribution in [-0.2, 0) is 30.6 Å². The smallest absolute Gasteiger partial charge is 0.323 e. The van der Waals surface area contributed by atoms with Gasteiger partial charge in [-0.15, -0.1) is 0 Å². The average Bonchev–Trinajstić information content (AvgIpc) is 3.50. The fraction of sp³-hybridized carbons (Fsp3) is 0.467. The molecule has 13 nitrogen and oxygen atoms in total. The molecule has 1 saturated heterocycles. The maximum atomic E-state index is 16.6. The van der Waals surface area contributed by atoms with E-state index in [1.807, 2.05) is 39.0 Å². The molecule has 1 aliphatic rings. The summed E-state index contributed by atoms with van der Waals surface area (Å²) in [6.07, 6.45) is -2.94. The van der Waals surface area contributed by atoms with Crippen LogP contribution in [0, 0.1) is 5.41 Å². The standard InChI is InChI=1S/C30H38F2N7O6PS/c1-17(24(40)42-14-28(2,3)4)38-46(47,45-20-13-9-11-18-10-7-8-12-19(18)20)43-15-30(32)25(41)29(5,31)26(44-30)39-16-35-21-22(34-6)36-27(33)37-23(21)39/h7-13,16-17,25-26,41H,14-15H2,1-6H3,(H,38,47)(H3,33,34,36,37)/t17-,25-,26+,29+,30+,46?/m0/s1. The molecule has 2 aromatic carbocycles. The van der Waals surface area contributed by atoms with Crippen molar-refractivity contribution in [2.45, 2.75) is 64.5 Å². The van der Waals surface area contributed by atoms with Crippen LogP contribution in [0.2, 0.25) is 0 Å². The Morgan fingerprint density at radius 1 is 1.23 bits per heavy atom. The number of nitrogens with one attached hydrogen (secondary N) is 2. The summed E-state index contributed by atoms with van der Waals surface area (Å²) < 4.78 is 57.0. The first kappa shape index (κ1) is 34.8. The number of benzene rings is 2. The van der Waals surface area contributed by atoms with Gasteiger partial charge in [0.15, 0.2) is 35.0 Å². The number of imidazole rings is 1. The van der Waals surface area contributed by atoms with Gasteiger partial charge in [0, 0.05) is 12.4 Å². The van der Waals surface area contributed by atoms with Gasteiger partial charge in [0.1, 0.15) is 18.4 Å². The second kappa shape index (κ2) is 12.8. The number of rotatable bonds is 11. The van der Waals surface area contributed by atoms with Gasteiger partial charge < -0.3 is 34.7 Å². The third-order valence-electron chi connectivity index (χ3n) is 7.41. The summed E-state index contributed by atoms with van der Waals surface area (Å²) in [4.78, 5) is 25.3. The van der Waals surface area contributed by atoms with Crippen LogP contribution in [-0.4, -0.2) is 74.5 Å². The molecule has 5 rings (SSSR count). The Morgan fingerprint density at radius 2 is 1.94 bits per heavy atom. The highest BCUT2D eigenvalue weighted by molar-refractivity contribution is 8.09. The van der Waals surface area contributed by atoms with E-state index >= 15 is 8.78 Å². The van der Waals surface area contributed by atoms with Crippen molar-refractivity contribution in [2.24, 2.45) is 5.41 Å². The zero-order chi connectivity index (χ0) is 34.4. The predicted molar refractivity (Wildman–Crippen MR) is 177 cm³/mol. The van der Waals surface area contributed by atoms with Gasteiger partial charge in [-0.25, -0.2) is 18.9 Å². The first-order valence-electron chi connectivity index (χ1n) is 14.7. The summed E-state index contributed by atoms with van der Waals surface area (Å²) >= 11 is 5.79. The Labute approximate surface area is 275 Å². The normalized spacial score (nSPS) is 25.0. The number of fused-ring (bicyclic) bond motifs is 2. The summed E-state index contributed by atoms with van der Waals surface area (Å²) in [6.45, 7) is 3.40. The number of anilines is 2. The molecule has 4 aromatic rings. The van der Waals surface area contributed by atoms with Crippen molar-refractivity contribution >= 4 is 58.1 Å². The highest BCUT2D eigenvalue weighted by Crippen LogP contribution is 2.53. The van der Waals surface area contributed by atoms with Crippen LogP contribution in [0.3, 0.4) is 0 Å². The Hall–Kier alpha value is -3.53.